The summed E-state index contributed by atoms with van der Waals surface area (Å²) in [5, 5.41) is 14.0. The van der Waals surface area contributed by atoms with Gasteiger partial charge < -0.3 is 30.4 Å². The number of hydrogen-bond acceptors (Lipinski definition) is 10. The maximum absolute atomic E-state index is 13.3. The lowest BCUT2D eigenvalue weighted by Crippen LogP contribution is -2.36. The molecule has 1 atom stereocenters. The number of nitrogens with two attached hydrogens (primary N) is 1. The largest absolute Gasteiger partial charge is 0.454 e. The summed E-state index contributed by atoms with van der Waals surface area (Å²) in [6, 6.07) is 5.63. The number of nitrogens with one attached hydrogen (secondary N) is 2. The number of pyridine rings is 1. The van der Waals surface area contributed by atoms with Gasteiger partial charge in [0.25, 0.3) is 5.91 Å². The summed E-state index contributed by atoms with van der Waals surface area (Å²) in [5.74, 6) is 1.65. The van der Waals surface area contributed by atoms with Crippen molar-refractivity contribution in [3.8, 4) is 34.3 Å². The van der Waals surface area contributed by atoms with E-state index in [4.69, 9.17) is 24.8 Å². The molecule has 0 aliphatic carbocycles. The number of carbonyl (C=O) groups excluding carboxylic acids is 1. The number of benzene rings is 1. The van der Waals surface area contributed by atoms with Gasteiger partial charge in [-0.2, -0.15) is 0 Å². The molecule has 0 spiro atoms. The highest BCUT2D eigenvalue weighted by Crippen LogP contribution is 2.38. The molecule has 6 rings (SSSR count). The fourth-order valence-electron chi connectivity index (χ4n) is 4.44. The highest BCUT2D eigenvalue weighted by molar-refractivity contribution is 6.08. The van der Waals surface area contributed by atoms with Gasteiger partial charge in [0.15, 0.2) is 28.8 Å². The Morgan fingerprint density at radius 3 is 2.91 bits per heavy atom. The third-order valence-corrected chi connectivity index (χ3v) is 6.10. The van der Waals surface area contributed by atoms with Crippen LogP contribution in [0.4, 0.5) is 5.82 Å². The normalized spacial score (nSPS) is 16.9. The zero-order valence-electron chi connectivity index (χ0n) is 18.4. The second-order valence-corrected chi connectivity index (χ2v) is 8.13. The topological polar surface area (TPSA) is 155 Å². The predicted octanol–water partition coefficient (Wildman–Crippen LogP) is 1.57. The van der Waals surface area contributed by atoms with Crippen molar-refractivity contribution in [2.45, 2.75) is 25.9 Å². The number of hydrogen-bond donors (Lipinski definition) is 3. The number of imidazole rings is 1. The van der Waals surface area contributed by atoms with Crippen molar-refractivity contribution in [1.29, 1.82) is 0 Å². The van der Waals surface area contributed by atoms with E-state index in [1.165, 1.54) is 0 Å². The molecule has 12 nitrogen and oxygen atoms in total. The maximum atomic E-state index is 13.3. The van der Waals surface area contributed by atoms with E-state index in [1.807, 2.05) is 29.7 Å². The number of aryl methyl sites for hydroxylation is 1. The number of nitrogen functional groups attached to an aromatic ring is 1. The molecule has 2 aliphatic heterocycles. The average molecular weight is 462 g/mol. The third kappa shape index (κ3) is 3.22. The van der Waals surface area contributed by atoms with Crippen molar-refractivity contribution in [3.63, 3.8) is 0 Å². The number of fused-ring (bicyclic) bond motifs is 2. The van der Waals surface area contributed by atoms with Crippen LogP contribution in [0.5, 0.6) is 11.5 Å². The summed E-state index contributed by atoms with van der Waals surface area (Å²) in [6.07, 6.45) is 2.46. The lowest BCUT2D eigenvalue weighted by Gasteiger charge is -2.14. The zero-order chi connectivity index (χ0) is 23.2. The predicted molar refractivity (Wildman–Crippen MR) is 121 cm³/mol. The summed E-state index contributed by atoms with van der Waals surface area (Å²) in [6.45, 7) is 4.24. The molecule has 0 saturated carbocycles. The summed E-state index contributed by atoms with van der Waals surface area (Å²) in [5.41, 5.74) is 9.25. The first-order valence-corrected chi connectivity index (χ1v) is 11.0. The highest BCUT2D eigenvalue weighted by atomic mass is 16.7. The Morgan fingerprint density at radius 1 is 1.26 bits per heavy atom. The molecule has 0 bridgehead atoms. The molecule has 2 aliphatic rings. The Hall–Kier alpha value is -4.19. The third-order valence-electron chi connectivity index (χ3n) is 6.10. The first kappa shape index (κ1) is 20.4. The monoisotopic (exact) mass is 462 g/mol. The summed E-state index contributed by atoms with van der Waals surface area (Å²) in [7, 11) is 0. The number of anilines is 1. The lowest BCUT2D eigenvalue weighted by atomic mass is 10.1. The van der Waals surface area contributed by atoms with Crippen LogP contribution in [0, 0.1) is 0 Å². The first-order chi connectivity index (χ1) is 16.6. The molecular formula is C22H22N8O4. The van der Waals surface area contributed by atoms with Crippen LogP contribution in [0.3, 0.4) is 0 Å². The van der Waals surface area contributed by atoms with Crippen LogP contribution in [-0.2, 0) is 6.54 Å². The Balaban J connectivity index is 1.56. The molecule has 1 aromatic carbocycles. The second-order valence-electron chi connectivity index (χ2n) is 8.13. The van der Waals surface area contributed by atoms with Crippen molar-refractivity contribution >= 4 is 22.8 Å². The maximum Gasteiger partial charge on any atom is 0.255 e. The van der Waals surface area contributed by atoms with Gasteiger partial charge in [-0.25, -0.2) is 9.61 Å². The molecule has 34 heavy (non-hydrogen) atoms. The molecular weight excluding hydrogens is 440 g/mol. The molecule has 0 radical (unpaired) electrons. The van der Waals surface area contributed by atoms with Gasteiger partial charge in [-0.3, -0.25) is 9.78 Å². The van der Waals surface area contributed by atoms with E-state index < -0.39 is 0 Å². The van der Waals surface area contributed by atoms with Crippen molar-refractivity contribution < 1.29 is 18.9 Å². The van der Waals surface area contributed by atoms with E-state index in [0.29, 0.717) is 51.9 Å². The minimum Gasteiger partial charge on any atom is -0.454 e. The molecule has 1 unspecified atom stereocenters. The molecule has 4 N–H and O–H groups in total. The molecule has 1 fully saturated rings. The Morgan fingerprint density at radius 2 is 2.15 bits per heavy atom. The number of rotatable bonds is 5. The van der Waals surface area contributed by atoms with E-state index in [0.717, 1.165) is 25.1 Å². The van der Waals surface area contributed by atoms with Gasteiger partial charge in [0, 0.05) is 30.9 Å². The van der Waals surface area contributed by atoms with Crippen LogP contribution in [-0.4, -0.2) is 56.7 Å². The van der Waals surface area contributed by atoms with Gasteiger partial charge >= 0.3 is 0 Å². The van der Waals surface area contributed by atoms with E-state index in [2.05, 4.69) is 25.9 Å². The van der Waals surface area contributed by atoms with E-state index in [9.17, 15) is 4.79 Å². The van der Waals surface area contributed by atoms with Crippen molar-refractivity contribution in [1.82, 2.24) is 35.5 Å². The average Bonchev–Trinajstić information content (AvgIpc) is 3.64. The van der Waals surface area contributed by atoms with E-state index >= 15 is 0 Å². The van der Waals surface area contributed by atoms with E-state index in [1.54, 1.807) is 6.20 Å². The van der Waals surface area contributed by atoms with Gasteiger partial charge in [0.2, 0.25) is 6.79 Å². The van der Waals surface area contributed by atoms with E-state index in [-0.39, 0.29) is 24.6 Å². The van der Waals surface area contributed by atoms with Gasteiger partial charge in [-0.05, 0) is 48.4 Å². The zero-order valence-corrected chi connectivity index (χ0v) is 18.4. The second kappa shape index (κ2) is 7.99. The molecule has 1 amide bonds. The van der Waals surface area contributed by atoms with Crippen LogP contribution < -0.4 is 25.8 Å². The number of nitrogens with zero attached hydrogens (tertiary/aromatic N) is 5. The number of carbonyl (C=O) groups is 1. The molecule has 3 aromatic heterocycles. The summed E-state index contributed by atoms with van der Waals surface area (Å²) in [4.78, 5) is 22.8. The quantitative estimate of drug-likeness (QED) is 0.398. The van der Waals surface area contributed by atoms with Gasteiger partial charge in [0.1, 0.15) is 5.52 Å². The molecule has 5 heterocycles. The summed E-state index contributed by atoms with van der Waals surface area (Å²) < 4.78 is 17.7. The minimum absolute atomic E-state index is 0.0592. The smallest absolute Gasteiger partial charge is 0.255 e. The fraction of sp³-hybridized carbons (Fsp3) is 0.318. The van der Waals surface area contributed by atoms with Crippen molar-refractivity contribution in [2.75, 3.05) is 25.6 Å². The number of ether oxygens (including phenoxy) is 2. The molecule has 4 aromatic rings. The summed E-state index contributed by atoms with van der Waals surface area (Å²) >= 11 is 0. The highest BCUT2D eigenvalue weighted by Gasteiger charge is 2.27. The SMILES string of the molecule is CCn1c(-c2nonc2N)nc2c(-c3ccc4c(c3)OCO4)ncc(C(=O)NC3CCNC3)c21. The van der Waals surface area contributed by atoms with Gasteiger partial charge in [0.05, 0.1) is 16.8 Å². The van der Waals surface area contributed by atoms with Gasteiger partial charge in [-0.15, -0.1) is 0 Å². The molecule has 12 heteroatoms. The Bertz CT molecular complexity index is 1410. The number of amides is 1. The van der Waals surface area contributed by atoms with Crippen LogP contribution in [0.15, 0.2) is 29.0 Å². The van der Waals surface area contributed by atoms with Crippen molar-refractivity contribution in [2.24, 2.45) is 0 Å². The Kier molecular flexibility index (Phi) is 4.80. The van der Waals surface area contributed by atoms with Crippen molar-refractivity contribution in [3.05, 3.63) is 30.0 Å². The lowest BCUT2D eigenvalue weighted by molar-refractivity contribution is 0.0941. The minimum atomic E-state index is -0.212. The number of aromatic nitrogens is 5. The van der Waals surface area contributed by atoms with Crippen LogP contribution in [0.1, 0.15) is 23.7 Å². The Labute approximate surface area is 193 Å². The van der Waals surface area contributed by atoms with Gasteiger partial charge in [-0.1, -0.05) is 0 Å². The first-order valence-electron chi connectivity index (χ1n) is 11.0. The van der Waals surface area contributed by atoms with Crippen LogP contribution in [0.2, 0.25) is 0 Å². The van der Waals surface area contributed by atoms with Crippen LogP contribution in [0.25, 0.3) is 33.8 Å². The van der Waals surface area contributed by atoms with Crippen LogP contribution >= 0.6 is 0 Å². The standard InChI is InChI=1S/C22H22N8O4/c1-2-30-19-13(22(31)26-12-5-6-24-8-12)9-25-16(11-3-4-14-15(7-11)33-10-32-14)17(19)27-21(30)18-20(23)29-34-28-18/h3-4,7,9,12,24H,2,5-6,8,10H2,1H3,(H2,23,29)(H,26,31). The fourth-order valence-corrected chi connectivity index (χ4v) is 4.44. The molecule has 174 valence electrons. The molecule has 1 saturated heterocycles.